The van der Waals surface area contributed by atoms with Crippen molar-refractivity contribution < 1.29 is 33.4 Å². The zero-order chi connectivity index (χ0) is 22.8. The quantitative estimate of drug-likeness (QED) is 0.520. The van der Waals surface area contributed by atoms with Crippen LogP contribution in [0.4, 0.5) is 9.18 Å². The van der Waals surface area contributed by atoms with Gasteiger partial charge in [-0.25, -0.2) is 14.0 Å². The van der Waals surface area contributed by atoms with Gasteiger partial charge in [-0.2, -0.15) is 0 Å². The minimum absolute atomic E-state index is 0.0226. The molecule has 3 N–H and O–H groups in total. The van der Waals surface area contributed by atoms with E-state index in [4.69, 9.17) is 9.47 Å². The van der Waals surface area contributed by atoms with Gasteiger partial charge in [0.1, 0.15) is 24.5 Å². The molecule has 0 fully saturated rings. The van der Waals surface area contributed by atoms with E-state index in [0.29, 0.717) is 5.56 Å². The Bertz CT molecular complexity index is 891. The Balaban J connectivity index is 2.02. The number of amides is 2. The fraction of sp³-hybridized carbons (Fsp3) is 0.318. The predicted octanol–water partition coefficient (Wildman–Crippen LogP) is 1.70. The van der Waals surface area contributed by atoms with Gasteiger partial charge < -0.3 is 25.2 Å². The molecule has 0 heterocycles. The van der Waals surface area contributed by atoms with E-state index >= 15 is 0 Å². The topological polar surface area (TPSA) is 114 Å². The summed E-state index contributed by atoms with van der Waals surface area (Å²) in [7, 11) is 1.15. The van der Waals surface area contributed by atoms with Crippen LogP contribution in [0.3, 0.4) is 0 Å². The van der Waals surface area contributed by atoms with E-state index in [1.807, 2.05) is 6.07 Å². The summed E-state index contributed by atoms with van der Waals surface area (Å²) in [5.41, 5.74) is 1.20. The van der Waals surface area contributed by atoms with Crippen LogP contribution in [0.2, 0.25) is 0 Å². The average Bonchev–Trinajstić information content (AvgIpc) is 2.75. The normalized spacial score (nSPS) is 13.4. The second-order valence-electron chi connectivity index (χ2n) is 6.84. The molecule has 2 rings (SSSR count). The van der Waals surface area contributed by atoms with Crippen molar-refractivity contribution in [3.63, 3.8) is 0 Å². The zero-order valence-corrected chi connectivity index (χ0v) is 17.2. The van der Waals surface area contributed by atoms with Crippen LogP contribution in [0, 0.1) is 5.82 Å². The van der Waals surface area contributed by atoms with E-state index in [2.05, 4.69) is 10.6 Å². The van der Waals surface area contributed by atoms with Gasteiger partial charge in [0, 0.05) is 6.42 Å². The highest BCUT2D eigenvalue weighted by Crippen LogP contribution is 2.09. The Morgan fingerprint density at radius 1 is 1.03 bits per heavy atom. The lowest BCUT2D eigenvalue weighted by molar-refractivity contribution is -0.145. The third kappa shape index (κ3) is 7.71. The van der Waals surface area contributed by atoms with E-state index in [1.54, 1.807) is 30.3 Å². The number of rotatable bonds is 9. The fourth-order valence-electron chi connectivity index (χ4n) is 2.79. The van der Waals surface area contributed by atoms with Crippen LogP contribution < -0.4 is 10.6 Å². The van der Waals surface area contributed by atoms with E-state index in [0.717, 1.165) is 12.7 Å². The van der Waals surface area contributed by atoms with Crippen LogP contribution >= 0.6 is 0 Å². The van der Waals surface area contributed by atoms with Crippen LogP contribution in [-0.2, 0) is 32.1 Å². The van der Waals surface area contributed by atoms with Gasteiger partial charge in [0.2, 0.25) is 5.91 Å². The molecule has 9 heteroatoms. The molecule has 0 aliphatic carbocycles. The summed E-state index contributed by atoms with van der Waals surface area (Å²) in [6.45, 7) is 1.28. The molecule has 0 aromatic heterocycles. The van der Waals surface area contributed by atoms with Crippen molar-refractivity contribution >= 4 is 18.0 Å². The summed E-state index contributed by atoms with van der Waals surface area (Å²) in [6.07, 6.45) is -2.23. The first-order valence-corrected chi connectivity index (χ1v) is 9.58. The Kier molecular flexibility index (Phi) is 8.95. The number of methoxy groups -OCH3 is 1. The summed E-state index contributed by atoms with van der Waals surface area (Å²) in [5.74, 6) is -2.07. The smallest absolute Gasteiger partial charge is 0.408 e. The SMILES string of the molecule is COC(=O)[C@@H](Cc1cccc(F)c1)NC(=O)[C@@H](NC(=O)OCc1ccccc1)[C@@H](C)O. The van der Waals surface area contributed by atoms with E-state index < -0.39 is 42.0 Å². The lowest BCUT2D eigenvalue weighted by atomic mass is 10.0. The number of alkyl carbamates (subject to hydrolysis) is 1. The molecule has 0 aliphatic rings. The molecule has 2 amide bonds. The van der Waals surface area contributed by atoms with Crippen LogP contribution in [0.5, 0.6) is 0 Å². The number of carbonyl (C=O) groups is 3. The predicted molar refractivity (Wildman–Crippen MR) is 109 cm³/mol. The number of hydrogen-bond donors (Lipinski definition) is 3. The third-order valence-electron chi connectivity index (χ3n) is 4.38. The summed E-state index contributed by atoms with van der Waals surface area (Å²) in [4.78, 5) is 36.8. The Morgan fingerprint density at radius 2 is 1.71 bits per heavy atom. The van der Waals surface area contributed by atoms with Crippen LogP contribution in [0.25, 0.3) is 0 Å². The molecule has 8 nitrogen and oxygen atoms in total. The first kappa shape index (κ1) is 23.8. The number of halogens is 1. The van der Waals surface area contributed by atoms with Gasteiger partial charge >= 0.3 is 12.1 Å². The van der Waals surface area contributed by atoms with Crippen molar-refractivity contribution in [2.45, 2.75) is 38.1 Å². The molecule has 0 spiro atoms. The van der Waals surface area contributed by atoms with Crippen LogP contribution in [0.15, 0.2) is 54.6 Å². The number of aliphatic hydroxyl groups excluding tert-OH is 1. The van der Waals surface area contributed by atoms with Crippen LogP contribution in [0.1, 0.15) is 18.1 Å². The van der Waals surface area contributed by atoms with Crippen molar-refractivity contribution in [1.29, 1.82) is 0 Å². The second kappa shape index (κ2) is 11.7. The van der Waals surface area contributed by atoms with Gasteiger partial charge in [-0.15, -0.1) is 0 Å². The molecule has 0 aliphatic heterocycles. The maximum atomic E-state index is 13.4. The van der Waals surface area contributed by atoms with Gasteiger partial charge in [0.05, 0.1) is 13.2 Å². The molecule has 2 aromatic rings. The van der Waals surface area contributed by atoms with E-state index in [1.165, 1.54) is 25.1 Å². The molecule has 0 saturated carbocycles. The Morgan fingerprint density at radius 3 is 2.32 bits per heavy atom. The molecule has 3 atom stereocenters. The largest absolute Gasteiger partial charge is 0.467 e. The maximum absolute atomic E-state index is 13.4. The fourth-order valence-corrected chi connectivity index (χ4v) is 2.79. The molecule has 2 aromatic carbocycles. The number of hydrogen-bond acceptors (Lipinski definition) is 6. The van der Waals surface area contributed by atoms with Crippen molar-refractivity contribution in [2.75, 3.05) is 7.11 Å². The monoisotopic (exact) mass is 432 g/mol. The minimum Gasteiger partial charge on any atom is -0.467 e. The van der Waals surface area contributed by atoms with E-state index in [9.17, 15) is 23.9 Å². The number of carbonyl (C=O) groups excluding carboxylic acids is 3. The highest BCUT2D eigenvalue weighted by molar-refractivity contribution is 5.90. The van der Waals surface area contributed by atoms with E-state index in [-0.39, 0.29) is 13.0 Å². The number of ether oxygens (including phenoxy) is 2. The number of benzene rings is 2. The summed E-state index contributed by atoms with van der Waals surface area (Å²) < 4.78 is 23.2. The highest BCUT2D eigenvalue weighted by atomic mass is 19.1. The molecular weight excluding hydrogens is 407 g/mol. The first-order chi connectivity index (χ1) is 14.8. The Labute approximate surface area is 179 Å². The van der Waals surface area contributed by atoms with Crippen LogP contribution in [-0.4, -0.2) is 48.4 Å². The molecule has 0 saturated heterocycles. The highest BCUT2D eigenvalue weighted by Gasteiger charge is 2.30. The number of nitrogens with one attached hydrogen (secondary N) is 2. The van der Waals surface area contributed by atoms with Gasteiger partial charge in [0.25, 0.3) is 0 Å². The molecular formula is C22H25FN2O6. The second-order valence-corrected chi connectivity index (χ2v) is 6.84. The van der Waals surface area contributed by atoms with Gasteiger partial charge in [-0.3, -0.25) is 4.79 Å². The lowest BCUT2D eigenvalue weighted by Crippen LogP contribution is -2.56. The zero-order valence-electron chi connectivity index (χ0n) is 17.2. The molecule has 166 valence electrons. The van der Waals surface area contributed by atoms with Crippen molar-refractivity contribution in [1.82, 2.24) is 10.6 Å². The minimum atomic E-state index is -1.39. The van der Waals surface area contributed by atoms with Gasteiger partial charge in [0.15, 0.2) is 0 Å². The van der Waals surface area contributed by atoms with Crippen molar-refractivity contribution in [2.24, 2.45) is 0 Å². The Hall–Kier alpha value is -3.46. The molecule has 0 unspecified atom stereocenters. The van der Waals surface area contributed by atoms with Gasteiger partial charge in [-0.05, 0) is 30.2 Å². The molecule has 31 heavy (non-hydrogen) atoms. The molecule has 0 radical (unpaired) electrons. The van der Waals surface area contributed by atoms with Crippen molar-refractivity contribution in [3.05, 3.63) is 71.5 Å². The first-order valence-electron chi connectivity index (χ1n) is 9.58. The summed E-state index contributed by atoms with van der Waals surface area (Å²) in [6, 6.07) is 11.9. The standard InChI is InChI=1S/C22H25FN2O6/c1-14(26)19(25-22(29)31-13-15-7-4-3-5-8-15)20(27)24-18(21(28)30-2)12-16-9-6-10-17(23)11-16/h3-11,14,18-19,26H,12-13H2,1-2H3,(H,24,27)(H,25,29)/t14-,18-,19+/m1/s1. The summed E-state index contributed by atoms with van der Waals surface area (Å²) >= 11 is 0. The number of aliphatic hydroxyl groups is 1. The third-order valence-corrected chi connectivity index (χ3v) is 4.38. The number of esters is 1. The summed E-state index contributed by atoms with van der Waals surface area (Å²) in [5, 5.41) is 14.7. The van der Waals surface area contributed by atoms with Gasteiger partial charge in [-0.1, -0.05) is 42.5 Å². The lowest BCUT2D eigenvalue weighted by Gasteiger charge is -2.23. The maximum Gasteiger partial charge on any atom is 0.408 e. The molecule has 0 bridgehead atoms. The van der Waals surface area contributed by atoms with Crippen molar-refractivity contribution in [3.8, 4) is 0 Å². The average molecular weight is 432 g/mol.